The Morgan fingerprint density at radius 3 is 2.52 bits per heavy atom. The summed E-state index contributed by atoms with van der Waals surface area (Å²) in [6.45, 7) is 2.25. The molecule has 2 heterocycles. The summed E-state index contributed by atoms with van der Waals surface area (Å²) in [5.41, 5.74) is 6.48. The molecule has 4 rings (SSSR count). The fourth-order valence-electron chi connectivity index (χ4n) is 2.99. The number of nitrogens with zero attached hydrogens (tertiary/aromatic N) is 1. The molecule has 6 nitrogen and oxygen atoms in total. The van der Waals surface area contributed by atoms with Crippen LogP contribution in [-0.4, -0.2) is 23.3 Å². The number of nitrogens with two attached hydrogens (primary N) is 1. The maximum Gasteiger partial charge on any atom is 0.251 e. The molecule has 1 aromatic heterocycles. The SMILES string of the molecule is Cc1c(OCc2ccncc2)c(F)cc2c1OCCC2=O.NC(=O)c1ccccc1F. The first-order chi connectivity index (χ1) is 14.9. The minimum absolute atomic E-state index is 0.0671. The lowest BCUT2D eigenvalue weighted by molar-refractivity contribution is 0.0930. The predicted octanol–water partition coefficient (Wildman–Crippen LogP) is 4.00. The van der Waals surface area contributed by atoms with Crippen molar-refractivity contribution in [3.63, 3.8) is 0 Å². The van der Waals surface area contributed by atoms with Crippen LogP contribution in [0.3, 0.4) is 0 Å². The highest BCUT2D eigenvalue weighted by atomic mass is 19.1. The zero-order valence-electron chi connectivity index (χ0n) is 16.7. The maximum atomic E-state index is 14.2. The van der Waals surface area contributed by atoms with E-state index in [0.717, 1.165) is 5.56 Å². The molecular formula is C23H20F2N2O4. The quantitative estimate of drug-likeness (QED) is 0.681. The number of carbonyl (C=O) groups excluding carboxylic acids is 2. The van der Waals surface area contributed by atoms with Crippen molar-refractivity contribution in [1.82, 2.24) is 4.98 Å². The van der Waals surface area contributed by atoms with Crippen molar-refractivity contribution < 1.29 is 27.8 Å². The number of amides is 1. The minimum atomic E-state index is -0.738. The third-order valence-electron chi connectivity index (χ3n) is 4.56. The average Bonchev–Trinajstić information content (AvgIpc) is 2.76. The van der Waals surface area contributed by atoms with E-state index < -0.39 is 17.5 Å². The van der Waals surface area contributed by atoms with Crippen LogP contribution in [0.25, 0.3) is 0 Å². The Labute approximate surface area is 177 Å². The van der Waals surface area contributed by atoms with Gasteiger partial charge in [0.2, 0.25) is 0 Å². The van der Waals surface area contributed by atoms with E-state index in [9.17, 15) is 18.4 Å². The van der Waals surface area contributed by atoms with Crippen LogP contribution in [0.1, 0.15) is 38.3 Å². The lowest BCUT2D eigenvalue weighted by Gasteiger charge is -2.21. The highest BCUT2D eigenvalue weighted by Gasteiger charge is 2.25. The zero-order chi connectivity index (χ0) is 22.4. The van der Waals surface area contributed by atoms with Crippen molar-refractivity contribution in [1.29, 1.82) is 0 Å². The fraction of sp³-hybridized carbons (Fsp3) is 0.174. The second-order valence-electron chi connectivity index (χ2n) is 6.70. The molecule has 0 radical (unpaired) electrons. The number of pyridine rings is 1. The van der Waals surface area contributed by atoms with Crippen molar-refractivity contribution in [2.75, 3.05) is 6.61 Å². The van der Waals surface area contributed by atoms with Gasteiger partial charge in [0.1, 0.15) is 18.2 Å². The molecule has 8 heteroatoms. The summed E-state index contributed by atoms with van der Waals surface area (Å²) in [6.07, 6.45) is 3.58. The molecule has 160 valence electrons. The molecule has 0 aliphatic carbocycles. The van der Waals surface area contributed by atoms with Gasteiger partial charge in [-0.25, -0.2) is 8.78 Å². The van der Waals surface area contributed by atoms with Gasteiger partial charge in [-0.2, -0.15) is 0 Å². The number of ketones is 1. The van der Waals surface area contributed by atoms with Crippen LogP contribution in [0, 0.1) is 18.6 Å². The number of Topliss-reactive ketones (excluding diaryl/α,β-unsaturated/α-hetero) is 1. The van der Waals surface area contributed by atoms with Crippen molar-refractivity contribution in [2.24, 2.45) is 5.73 Å². The first-order valence-electron chi connectivity index (χ1n) is 9.43. The fourth-order valence-corrected chi connectivity index (χ4v) is 2.99. The van der Waals surface area contributed by atoms with E-state index in [1.807, 2.05) is 0 Å². The largest absolute Gasteiger partial charge is 0.492 e. The van der Waals surface area contributed by atoms with Crippen LogP contribution >= 0.6 is 0 Å². The summed E-state index contributed by atoms with van der Waals surface area (Å²) in [4.78, 5) is 26.1. The van der Waals surface area contributed by atoms with Crippen LogP contribution in [0.2, 0.25) is 0 Å². The topological polar surface area (TPSA) is 91.5 Å². The molecule has 0 bridgehead atoms. The van der Waals surface area contributed by atoms with Crippen molar-refractivity contribution in [3.05, 3.63) is 88.7 Å². The predicted molar refractivity (Wildman–Crippen MR) is 109 cm³/mol. The van der Waals surface area contributed by atoms with Crippen LogP contribution < -0.4 is 15.2 Å². The Morgan fingerprint density at radius 1 is 1.16 bits per heavy atom. The molecule has 1 aliphatic rings. The van der Waals surface area contributed by atoms with E-state index >= 15 is 0 Å². The molecule has 1 aliphatic heterocycles. The van der Waals surface area contributed by atoms with Gasteiger partial charge in [0.25, 0.3) is 5.91 Å². The van der Waals surface area contributed by atoms with Crippen LogP contribution in [0.4, 0.5) is 8.78 Å². The highest BCUT2D eigenvalue weighted by Crippen LogP contribution is 2.37. The van der Waals surface area contributed by atoms with Gasteiger partial charge in [0.05, 0.1) is 17.7 Å². The number of hydrogen-bond acceptors (Lipinski definition) is 5. The lowest BCUT2D eigenvalue weighted by atomic mass is 10.0. The summed E-state index contributed by atoms with van der Waals surface area (Å²) >= 11 is 0. The van der Waals surface area contributed by atoms with Gasteiger partial charge in [0.15, 0.2) is 17.3 Å². The Hall–Kier alpha value is -3.81. The zero-order valence-corrected chi connectivity index (χ0v) is 16.7. The van der Waals surface area contributed by atoms with Crippen LogP contribution in [0.5, 0.6) is 11.5 Å². The standard InChI is InChI=1S/C16H14FNO3.C7H6FNO/c1-10-15-12(14(19)4-7-20-15)8-13(17)16(10)21-9-11-2-5-18-6-3-11;8-6-4-2-1-3-5(6)7(9)10/h2-3,5-6,8H,4,7,9H2,1H3;1-4H,(H2,9,10). The summed E-state index contributed by atoms with van der Waals surface area (Å²) in [5, 5.41) is 0. The van der Waals surface area contributed by atoms with Crippen molar-refractivity contribution in [2.45, 2.75) is 20.0 Å². The normalized spacial score (nSPS) is 12.2. The number of halogens is 2. The van der Waals surface area contributed by atoms with Gasteiger partial charge in [-0.15, -0.1) is 0 Å². The Kier molecular flexibility index (Phi) is 6.92. The van der Waals surface area contributed by atoms with Gasteiger partial charge in [0, 0.05) is 24.4 Å². The summed E-state index contributed by atoms with van der Waals surface area (Å²) < 4.78 is 37.8. The lowest BCUT2D eigenvalue weighted by Crippen LogP contribution is -2.17. The third-order valence-corrected chi connectivity index (χ3v) is 4.56. The minimum Gasteiger partial charge on any atom is -0.492 e. The van der Waals surface area contributed by atoms with Gasteiger partial charge in [-0.05, 0) is 42.8 Å². The van der Waals surface area contributed by atoms with E-state index in [-0.39, 0.29) is 30.1 Å². The van der Waals surface area contributed by atoms with E-state index in [0.29, 0.717) is 23.5 Å². The second-order valence-corrected chi connectivity index (χ2v) is 6.70. The molecule has 2 N–H and O–H groups in total. The number of primary amides is 1. The number of carbonyl (C=O) groups is 2. The number of ether oxygens (including phenoxy) is 2. The number of hydrogen-bond donors (Lipinski definition) is 1. The number of aromatic nitrogens is 1. The molecule has 3 aromatic rings. The second kappa shape index (κ2) is 9.80. The molecule has 0 saturated heterocycles. The molecule has 0 unspecified atom stereocenters. The van der Waals surface area contributed by atoms with E-state index in [1.54, 1.807) is 37.5 Å². The van der Waals surface area contributed by atoms with E-state index in [2.05, 4.69) is 4.98 Å². The molecule has 0 fully saturated rings. The summed E-state index contributed by atoms with van der Waals surface area (Å²) in [5.74, 6) is -1.40. The monoisotopic (exact) mass is 426 g/mol. The third kappa shape index (κ3) is 5.22. The average molecular weight is 426 g/mol. The van der Waals surface area contributed by atoms with Crippen molar-refractivity contribution in [3.8, 4) is 11.5 Å². The van der Waals surface area contributed by atoms with E-state index in [1.165, 1.54) is 24.3 Å². The van der Waals surface area contributed by atoms with Gasteiger partial charge < -0.3 is 15.2 Å². The maximum absolute atomic E-state index is 14.2. The highest BCUT2D eigenvalue weighted by molar-refractivity contribution is 6.00. The smallest absolute Gasteiger partial charge is 0.251 e. The number of rotatable bonds is 4. The first kappa shape index (κ1) is 21.9. The molecule has 1 amide bonds. The van der Waals surface area contributed by atoms with Crippen LogP contribution in [0.15, 0.2) is 54.9 Å². The Balaban J connectivity index is 0.000000229. The molecular weight excluding hydrogens is 406 g/mol. The summed E-state index contributed by atoms with van der Waals surface area (Å²) in [7, 11) is 0. The van der Waals surface area contributed by atoms with Gasteiger partial charge in [-0.3, -0.25) is 14.6 Å². The first-order valence-corrected chi connectivity index (χ1v) is 9.43. The molecule has 0 saturated carbocycles. The van der Waals surface area contributed by atoms with Crippen LogP contribution in [-0.2, 0) is 6.61 Å². The van der Waals surface area contributed by atoms with Crippen molar-refractivity contribution >= 4 is 11.7 Å². The molecule has 0 atom stereocenters. The summed E-state index contributed by atoms with van der Waals surface area (Å²) in [6, 6.07) is 10.4. The van der Waals surface area contributed by atoms with Gasteiger partial charge in [-0.1, -0.05) is 12.1 Å². The van der Waals surface area contributed by atoms with Gasteiger partial charge >= 0.3 is 0 Å². The number of fused-ring (bicyclic) bond motifs is 1. The van der Waals surface area contributed by atoms with E-state index in [4.69, 9.17) is 15.2 Å². The molecule has 2 aromatic carbocycles. The molecule has 0 spiro atoms. The Morgan fingerprint density at radius 2 is 1.87 bits per heavy atom. The molecule has 31 heavy (non-hydrogen) atoms. The Bertz CT molecular complexity index is 1100. The number of benzene rings is 2.